The van der Waals surface area contributed by atoms with Gasteiger partial charge in [0, 0.05) is 16.7 Å². The SMILES string of the molecule is O=C(CCc1cccs1)Nc1cnc2ccccc2c1. The number of aryl methyl sites for hydroxylation is 1. The van der Waals surface area contributed by atoms with Gasteiger partial charge in [-0.05, 0) is 30.0 Å². The van der Waals surface area contributed by atoms with Crippen LogP contribution in [0.4, 0.5) is 5.69 Å². The number of pyridine rings is 1. The van der Waals surface area contributed by atoms with Crippen LogP contribution in [0.25, 0.3) is 10.9 Å². The van der Waals surface area contributed by atoms with E-state index < -0.39 is 0 Å². The zero-order valence-corrected chi connectivity index (χ0v) is 11.7. The molecular weight excluding hydrogens is 268 g/mol. The van der Waals surface area contributed by atoms with Crippen molar-refractivity contribution in [2.24, 2.45) is 0 Å². The molecule has 0 fully saturated rings. The van der Waals surface area contributed by atoms with E-state index in [2.05, 4.69) is 16.4 Å². The Kier molecular flexibility index (Phi) is 3.74. The van der Waals surface area contributed by atoms with E-state index in [1.165, 1.54) is 4.88 Å². The molecule has 20 heavy (non-hydrogen) atoms. The van der Waals surface area contributed by atoms with E-state index in [0.29, 0.717) is 6.42 Å². The molecular formula is C16H14N2OS. The van der Waals surface area contributed by atoms with E-state index in [1.807, 2.05) is 41.8 Å². The molecule has 0 aliphatic rings. The molecule has 2 aromatic heterocycles. The van der Waals surface area contributed by atoms with Crippen molar-refractivity contribution in [2.45, 2.75) is 12.8 Å². The molecule has 3 rings (SSSR count). The van der Waals surface area contributed by atoms with Crippen LogP contribution in [0.2, 0.25) is 0 Å². The predicted octanol–water partition coefficient (Wildman–Crippen LogP) is 3.87. The number of fused-ring (bicyclic) bond motifs is 1. The number of thiophene rings is 1. The summed E-state index contributed by atoms with van der Waals surface area (Å²) in [6, 6.07) is 13.9. The molecule has 0 unspecified atom stereocenters. The van der Waals surface area contributed by atoms with Crippen molar-refractivity contribution in [1.82, 2.24) is 4.98 Å². The van der Waals surface area contributed by atoms with Gasteiger partial charge in [0.25, 0.3) is 0 Å². The minimum Gasteiger partial charge on any atom is -0.325 e. The topological polar surface area (TPSA) is 42.0 Å². The van der Waals surface area contributed by atoms with Crippen LogP contribution in [0, 0.1) is 0 Å². The zero-order valence-electron chi connectivity index (χ0n) is 10.9. The number of para-hydroxylation sites is 1. The average molecular weight is 282 g/mol. The van der Waals surface area contributed by atoms with E-state index >= 15 is 0 Å². The van der Waals surface area contributed by atoms with Gasteiger partial charge in [-0.15, -0.1) is 11.3 Å². The summed E-state index contributed by atoms with van der Waals surface area (Å²) in [6.07, 6.45) is 2.98. The first-order valence-corrected chi connectivity index (χ1v) is 7.36. The Morgan fingerprint density at radius 3 is 2.95 bits per heavy atom. The van der Waals surface area contributed by atoms with Gasteiger partial charge in [0.2, 0.25) is 5.91 Å². The van der Waals surface area contributed by atoms with Crippen LogP contribution >= 0.6 is 11.3 Å². The number of benzene rings is 1. The van der Waals surface area contributed by atoms with Gasteiger partial charge in [-0.25, -0.2) is 0 Å². The second-order valence-corrected chi connectivity index (χ2v) is 5.58. The summed E-state index contributed by atoms with van der Waals surface area (Å²) in [5, 5.41) is 5.96. The molecule has 0 aliphatic carbocycles. The van der Waals surface area contributed by atoms with E-state index in [1.54, 1.807) is 17.5 Å². The molecule has 0 radical (unpaired) electrons. The van der Waals surface area contributed by atoms with Crippen molar-refractivity contribution in [2.75, 3.05) is 5.32 Å². The third kappa shape index (κ3) is 3.03. The van der Waals surface area contributed by atoms with Gasteiger partial charge < -0.3 is 5.32 Å². The lowest BCUT2D eigenvalue weighted by Crippen LogP contribution is -2.12. The molecule has 0 saturated heterocycles. The smallest absolute Gasteiger partial charge is 0.224 e. The van der Waals surface area contributed by atoms with Crippen LogP contribution in [-0.2, 0) is 11.2 Å². The molecule has 3 aromatic rings. The number of hydrogen-bond donors (Lipinski definition) is 1. The van der Waals surface area contributed by atoms with Crippen LogP contribution < -0.4 is 5.32 Å². The number of rotatable bonds is 4. The molecule has 1 N–H and O–H groups in total. The molecule has 0 saturated carbocycles. The summed E-state index contributed by atoms with van der Waals surface area (Å²) in [5.41, 5.74) is 1.68. The Bertz CT molecular complexity index is 722. The third-order valence-electron chi connectivity index (χ3n) is 3.05. The fourth-order valence-electron chi connectivity index (χ4n) is 2.05. The molecule has 0 bridgehead atoms. The number of nitrogens with zero attached hydrogens (tertiary/aromatic N) is 1. The van der Waals surface area contributed by atoms with Crippen LogP contribution in [0.3, 0.4) is 0 Å². The zero-order chi connectivity index (χ0) is 13.8. The van der Waals surface area contributed by atoms with Crippen molar-refractivity contribution in [3.8, 4) is 0 Å². The van der Waals surface area contributed by atoms with Gasteiger partial charge in [-0.3, -0.25) is 9.78 Å². The average Bonchev–Trinajstić information content (AvgIpc) is 2.98. The van der Waals surface area contributed by atoms with Gasteiger partial charge in [-0.2, -0.15) is 0 Å². The summed E-state index contributed by atoms with van der Waals surface area (Å²) in [5.74, 6) is 0.0236. The lowest BCUT2D eigenvalue weighted by atomic mass is 10.2. The molecule has 2 heterocycles. The molecule has 0 spiro atoms. The van der Waals surface area contributed by atoms with Gasteiger partial charge in [0.15, 0.2) is 0 Å². The quantitative estimate of drug-likeness (QED) is 0.789. The lowest BCUT2D eigenvalue weighted by molar-refractivity contribution is -0.116. The molecule has 1 amide bonds. The predicted molar refractivity (Wildman–Crippen MR) is 83.0 cm³/mol. The Morgan fingerprint density at radius 2 is 2.10 bits per heavy atom. The Labute approximate surface area is 121 Å². The number of amides is 1. The minimum atomic E-state index is 0.0236. The largest absolute Gasteiger partial charge is 0.325 e. The van der Waals surface area contributed by atoms with Crippen molar-refractivity contribution >= 4 is 33.8 Å². The van der Waals surface area contributed by atoms with Crippen molar-refractivity contribution in [3.05, 3.63) is 58.9 Å². The second-order valence-electron chi connectivity index (χ2n) is 4.54. The maximum Gasteiger partial charge on any atom is 0.224 e. The van der Waals surface area contributed by atoms with Crippen molar-refractivity contribution in [3.63, 3.8) is 0 Å². The summed E-state index contributed by atoms with van der Waals surface area (Å²) in [4.78, 5) is 17.5. The monoisotopic (exact) mass is 282 g/mol. The van der Waals surface area contributed by atoms with Crippen LogP contribution in [-0.4, -0.2) is 10.9 Å². The maximum absolute atomic E-state index is 11.9. The first-order chi connectivity index (χ1) is 9.81. The van der Waals surface area contributed by atoms with Gasteiger partial charge in [-0.1, -0.05) is 24.3 Å². The number of aromatic nitrogens is 1. The standard InChI is InChI=1S/C16H14N2OS/c19-16(8-7-14-5-3-9-20-14)18-13-10-12-4-1-2-6-15(12)17-11-13/h1-6,9-11H,7-8H2,(H,18,19). The number of carbonyl (C=O) groups excluding carboxylic acids is 1. The highest BCUT2D eigenvalue weighted by atomic mass is 32.1. The summed E-state index contributed by atoms with van der Waals surface area (Å²) in [7, 11) is 0. The molecule has 1 aromatic carbocycles. The van der Waals surface area contributed by atoms with E-state index in [-0.39, 0.29) is 5.91 Å². The first-order valence-electron chi connectivity index (χ1n) is 6.48. The fourth-order valence-corrected chi connectivity index (χ4v) is 2.76. The van der Waals surface area contributed by atoms with Gasteiger partial charge in [0.05, 0.1) is 17.4 Å². The first kappa shape index (κ1) is 12.8. The molecule has 0 atom stereocenters. The van der Waals surface area contributed by atoms with Gasteiger partial charge >= 0.3 is 0 Å². The minimum absolute atomic E-state index is 0.0236. The van der Waals surface area contributed by atoms with Crippen molar-refractivity contribution < 1.29 is 4.79 Å². The Hall–Kier alpha value is -2.20. The molecule has 3 nitrogen and oxygen atoms in total. The maximum atomic E-state index is 11.9. The Balaban J connectivity index is 1.65. The lowest BCUT2D eigenvalue weighted by Gasteiger charge is -2.05. The molecule has 0 aliphatic heterocycles. The highest BCUT2D eigenvalue weighted by Crippen LogP contribution is 2.17. The van der Waals surface area contributed by atoms with E-state index in [0.717, 1.165) is 23.0 Å². The van der Waals surface area contributed by atoms with Crippen LogP contribution in [0.5, 0.6) is 0 Å². The number of hydrogen-bond acceptors (Lipinski definition) is 3. The van der Waals surface area contributed by atoms with E-state index in [4.69, 9.17) is 0 Å². The van der Waals surface area contributed by atoms with Gasteiger partial charge in [0.1, 0.15) is 0 Å². The third-order valence-corrected chi connectivity index (χ3v) is 3.99. The Morgan fingerprint density at radius 1 is 1.20 bits per heavy atom. The summed E-state index contributed by atoms with van der Waals surface area (Å²) in [6.45, 7) is 0. The van der Waals surface area contributed by atoms with E-state index in [9.17, 15) is 4.79 Å². The number of anilines is 1. The highest BCUT2D eigenvalue weighted by Gasteiger charge is 2.05. The van der Waals surface area contributed by atoms with Crippen LogP contribution in [0.1, 0.15) is 11.3 Å². The summed E-state index contributed by atoms with van der Waals surface area (Å²) >= 11 is 1.68. The van der Waals surface area contributed by atoms with Crippen LogP contribution in [0.15, 0.2) is 54.0 Å². The summed E-state index contributed by atoms with van der Waals surface area (Å²) < 4.78 is 0. The highest BCUT2D eigenvalue weighted by molar-refractivity contribution is 7.09. The molecule has 100 valence electrons. The molecule has 4 heteroatoms. The van der Waals surface area contributed by atoms with Crippen molar-refractivity contribution in [1.29, 1.82) is 0 Å². The number of carbonyl (C=O) groups is 1. The number of nitrogens with one attached hydrogen (secondary N) is 1. The second kappa shape index (κ2) is 5.84. The fraction of sp³-hybridized carbons (Fsp3) is 0.125. The normalized spacial score (nSPS) is 10.6.